The lowest BCUT2D eigenvalue weighted by atomic mass is 9.96. The van der Waals surface area contributed by atoms with Crippen molar-refractivity contribution >= 4 is 5.91 Å². The topological polar surface area (TPSA) is 44.1 Å². The van der Waals surface area contributed by atoms with Crippen LogP contribution in [0.2, 0.25) is 0 Å². The molecular formula is C18H16N2O. The van der Waals surface area contributed by atoms with Crippen molar-refractivity contribution < 1.29 is 4.79 Å². The summed E-state index contributed by atoms with van der Waals surface area (Å²) in [7, 11) is 0. The molecule has 104 valence electrons. The van der Waals surface area contributed by atoms with Gasteiger partial charge in [-0.2, -0.15) is 5.26 Å². The Morgan fingerprint density at radius 2 is 1.81 bits per heavy atom. The summed E-state index contributed by atoms with van der Waals surface area (Å²) in [6, 6.07) is 19.7. The Kier molecular flexibility index (Phi) is 3.70. The quantitative estimate of drug-likeness (QED) is 0.865. The molecule has 21 heavy (non-hydrogen) atoms. The molecule has 2 aromatic rings. The van der Waals surface area contributed by atoms with Gasteiger partial charge in [-0.15, -0.1) is 0 Å². The molecule has 1 amide bonds. The zero-order chi connectivity index (χ0) is 14.7. The summed E-state index contributed by atoms with van der Waals surface area (Å²) in [5.74, 6) is -0.242. The van der Waals surface area contributed by atoms with E-state index in [-0.39, 0.29) is 11.8 Å². The highest BCUT2D eigenvalue weighted by Gasteiger charge is 2.26. The first kappa shape index (κ1) is 13.4. The molecule has 1 atom stereocenters. The average Bonchev–Trinajstić information content (AvgIpc) is 2.55. The average molecular weight is 276 g/mol. The van der Waals surface area contributed by atoms with Crippen molar-refractivity contribution in [3.8, 4) is 6.07 Å². The van der Waals surface area contributed by atoms with Crippen LogP contribution in [0.25, 0.3) is 0 Å². The van der Waals surface area contributed by atoms with Crippen LogP contribution in [0.1, 0.15) is 27.4 Å². The van der Waals surface area contributed by atoms with E-state index in [1.54, 1.807) is 4.90 Å². The van der Waals surface area contributed by atoms with Crippen LogP contribution in [-0.2, 0) is 6.42 Å². The Morgan fingerprint density at radius 1 is 1.10 bits per heavy atom. The van der Waals surface area contributed by atoms with Crippen molar-refractivity contribution in [2.75, 3.05) is 13.1 Å². The molecular weight excluding hydrogens is 260 g/mol. The van der Waals surface area contributed by atoms with Crippen LogP contribution in [0, 0.1) is 11.3 Å². The van der Waals surface area contributed by atoms with Crippen LogP contribution >= 0.6 is 0 Å². The van der Waals surface area contributed by atoms with Gasteiger partial charge in [0.05, 0.1) is 12.0 Å². The van der Waals surface area contributed by atoms with Gasteiger partial charge in [0.15, 0.2) is 0 Å². The number of hydrogen-bond donors (Lipinski definition) is 0. The molecule has 3 rings (SSSR count). The lowest BCUT2D eigenvalue weighted by molar-refractivity contribution is 0.0736. The molecule has 0 aromatic heterocycles. The molecule has 0 spiro atoms. The molecule has 0 bridgehead atoms. The SMILES string of the molecule is N#CC(CN1CCc2ccccc2C1=O)c1ccccc1. The summed E-state index contributed by atoms with van der Waals surface area (Å²) in [5.41, 5.74) is 2.84. The van der Waals surface area contributed by atoms with Crippen LogP contribution in [0.5, 0.6) is 0 Å². The second-order valence-electron chi connectivity index (χ2n) is 5.25. The molecule has 1 aliphatic heterocycles. The zero-order valence-corrected chi connectivity index (χ0v) is 11.7. The molecule has 1 unspecified atom stereocenters. The van der Waals surface area contributed by atoms with Gasteiger partial charge in [-0.05, 0) is 23.6 Å². The van der Waals surface area contributed by atoms with E-state index in [0.717, 1.165) is 23.1 Å². The van der Waals surface area contributed by atoms with E-state index in [1.807, 2.05) is 54.6 Å². The van der Waals surface area contributed by atoms with Gasteiger partial charge >= 0.3 is 0 Å². The normalized spacial score (nSPS) is 15.2. The Labute approximate surface area is 124 Å². The fourth-order valence-corrected chi connectivity index (χ4v) is 2.77. The first-order valence-corrected chi connectivity index (χ1v) is 7.11. The summed E-state index contributed by atoms with van der Waals surface area (Å²) >= 11 is 0. The van der Waals surface area contributed by atoms with Gasteiger partial charge in [-0.3, -0.25) is 4.79 Å². The molecule has 2 aromatic carbocycles. The van der Waals surface area contributed by atoms with Crippen LogP contribution in [-0.4, -0.2) is 23.9 Å². The fourth-order valence-electron chi connectivity index (χ4n) is 2.77. The molecule has 1 heterocycles. The van der Waals surface area contributed by atoms with E-state index in [4.69, 9.17) is 0 Å². The maximum atomic E-state index is 12.5. The molecule has 3 heteroatoms. The maximum absolute atomic E-state index is 12.5. The Bertz CT molecular complexity index is 688. The van der Waals surface area contributed by atoms with E-state index in [2.05, 4.69) is 6.07 Å². The Hall–Kier alpha value is -2.60. The first-order valence-electron chi connectivity index (χ1n) is 7.11. The number of fused-ring (bicyclic) bond motifs is 1. The number of carbonyl (C=O) groups is 1. The second kappa shape index (κ2) is 5.80. The van der Waals surface area contributed by atoms with Crippen molar-refractivity contribution in [3.05, 3.63) is 71.3 Å². The monoisotopic (exact) mass is 276 g/mol. The third-order valence-electron chi connectivity index (χ3n) is 3.95. The minimum Gasteiger partial charge on any atom is -0.337 e. The number of nitriles is 1. The number of amides is 1. The zero-order valence-electron chi connectivity index (χ0n) is 11.7. The minimum atomic E-state index is -0.277. The Morgan fingerprint density at radius 3 is 2.57 bits per heavy atom. The second-order valence-corrected chi connectivity index (χ2v) is 5.25. The summed E-state index contributed by atoms with van der Waals surface area (Å²) in [6.45, 7) is 1.13. The van der Waals surface area contributed by atoms with Gasteiger partial charge in [0.25, 0.3) is 5.91 Å². The first-order chi connectivity index (χ1) is 10.3. The largest absolute Gasteiger partial charge is 0.337 e. The lowest BCUT2D eigenvalue weighted by Crippen LogP contribution is -2.39. The van der Waals surface area contributed by atoms with Crippen LogP contribution in [0.15, 0.2) is 54.6 Å². The van der Waals surface area contributed by atoms with Gasteiger partial charge in [-0.25, -0.2) is 0 Å². The molecule has 0 radical (unpaired) electrons. The molecule has 0 N–H and O–H groups in total. The van der Waals surface area contributed by atoms with Gasteiger partial charge in [-0.1, -0.05) is 48.5 Å². The molecule has 3 nitrogen and oxygen atoms in total. The van der Waals surface area contributed by atoms with Gasteiger partial charge in [0.1, 0.15) is 0 Å². The maximum Gasteiger partial charge on any atom is 0.254 e. The summed E-state index contributed by atoms with van der Waals surface area (Å²) in [5, 5.41) is 9.40. The van der Waals surface area contributed by atoms with Crippen molar-refractivity contribution in [2.24, 2.45) is 0 Å². The van der Waals surface area contributed by atoms with Crippen LogP contribution in [0.4, 0.5) is 0 Å². The predicted molar refractivity (Wildman–Crippen MR) is 80.8 cm³/mol. The van der Waals surface area contributed by atoms with E-state index in [1.165, 1.54) is 0 Å². The van der Waals surface area contributed by atoms with Crippen molar-refractivity contribution in [3.63, 3.8) is 0 Å². The number of nitrogens with zero attached hydrogens (tertiary/aromatic N) is 2. The molecule has 0 aliphatic carbocycles. The van der Waals surface area contributed by atoms with Gasteiger partial charge in [0.2, 0.25) is 0 Å². The van der Waals surface area contributed by atoms with Crippen molar-refractivity contribution in [2.45, 2.75) is 12.3 Å². The summed E-state index contributed by atoms with van der Waals surface area (Å²) < 4.78 is 0. The molecule has 0 fully saturated rings. The standard InChI is InChI=1S/C18H16N2O/c19-12-16(14-6-2-1-3-7-14)13-20-11-10-15-8-4-5-9-17(15)18(20)21/h1-9,16H,10-11,13H2. The van der Waals surface area contributed by atoms with Crippen LogP contribution in [0.3, 0.4) is 0 Å². The van der Waals surface area contributed by atoms with E-state index >= 15 is 0 Å². The number of benzene rings is 2. The van der Waals surface area contributed by atoms with Gasteiger partial charge < -0.3 is 4.90 Å². The highest BCUT2D eigenvalue weighted by atomic mass is 16.2. The third kappa shape index (κ3) is 2.66. The van der Waals surface area contributed by atoms with E-state index in [0.29, 0.717) is 13.1 Å². The fraction of sp³-hybridized carbons (Fsp3) is 0.222. The minimum absolute atomic E-state index is 0.0352. The summed E-state index contributed by atoms with van der Waals surface area (Å²) in [6.07, 6.45) is 0.856. The highest BCUT2D eigenvalue weighted by molar-refractivity contribution is 5.96. The number of rotatable bonds is 3. The van der Waals surface area contributed by atoms with Gasteiger partial charge in [0, 0.05) is 18.7 Å². The Balaban J connectivity index is 1.80. The molecule has 0 saturated heterocycles. The van der Waals surface area contributed by atoms with E-state index < -0.39 is 0 Å². The van der Waals surface area contributed by atoms with Crippen molar-refractivity contribution in [1.82, 2.24) is 4.90 Å². The van der Waals surface area contributed by atoms with Crippen LogP contribution < -0.4 is 0 Å². The predicted octanol–water partition coefficient (Wildman–Crippen LogP) is 2.99. The van der Waals surface area contributed by atoms with Crippen molar-refractivity contribution in [1.29, 1.82) is 5.26 Å². The molecule has 1 aliphatic rings. The molecule has 0 saturated carbocycles. The summed E-state index contributed by atoms with van der Waals surface area (Å²) in [4.78, 5) is 14.3. The van der Waals surface area contributed by atoms with E-state index in [9.17, 15) is 10.1 Å². The number of hydrogen-bond acceptors (Lipinski definition) is 2. The lowest BCUT2D eigenvalue weighted by Gasteiger charge is -2.30. The highest BCUT2D eigenvalue weighted by Crippen LogP contribution is 2.22. The third-order valence-corrected chi connectivity index (χ3v) is 3.95. The number of carbonyl (C=O) groups excluding carboxylic acids is 1. The smallest absolute Gasteiger partial charge is 0.254 e.